The van der Waals surface area contributed by atoms with Crippen LogP contribution < -0.4 is 5.73 Å². The Balaban J connectivity index is 2.26. The first kappa shape index (κ1) is 11.0. The number of halogens is 1. The van der Waals surface area contributed by atoms with Crippen molar-refractivity contribution in [3.63, 3.8) is 0 Å². The number of aromatic nitrogens is 2. The molecule has 0 atom stereocenters. The average Bonchev–Trinajstić information content (AvgIpc) is 2.30. The summed E-state index contributed by atoms with van der Waals surface area (Å²) in [4.78, 5) is 8.01. The maximum atomic E-state index is 5.74. The molecule has 16 heavy (non-hydrogen) atoms. The first-order valence-corrected chi connectivity index (χ1v) is 5.41. The summed E-state index contributed by atoms with van der Waals surface area (Å²) in [7, 11) is 0. The Morgan fingerprint density at radius 1 is 1.12 bits per heavy atom. The molecule has 1 aromatic carbocycles. The van der Waals surface area contributed by atoms with Crippen LogP contribution in [-0.4, -0.2) is 9.97 Å². The van der Waals surface area contributed by atoms with E-state index in [-0.39, 0.29) is 5.28 Å². The number of rotatable bonds is 3. The van der Waals surface area contributed by atoms with Crippen molar-refractivity contribution in [3.8, 4) is 0 Å². The molecule has 1 heterocycles. The second kappa shape index (κ2) is 5.05. The summed E-state index contributed by atoms with van der Waals surface area (Å²) in [6, 6.07) is 9.92. The molecule has 2 aromatic rings. The van der Waals surface area contributed by atoms with Crippen LogP contribution in [0.2, 0.25) is 5.28 Å². The Kier molecular flexibility index (Phi) is 3.49. The summed E-state index contributed by atoms with van der Waals surface area (Å²) in [5, 5.41) is 0.280. The van der Waals surface area contributed by atoms with Gasteiger partial charge in [-0.3, -0.25) is 0 Å². The summed E-state index contributed by atoms with van der Waals surface area (Å²) in [5.74, 6) is 0. The van der Waals surface area contributed by atoms with Gasteiger partial charge in [0.2, 0.25) is 5.28 Å². The maximum absolute atomic E-state index is 5.74. The Bertz CT molecular complexity index is 485. The molecule has 0 aliphatic heterocycles. The molecule has 0 unspecified atom stereocenters. The smallest absolute Gasteiger partial charge is 0.222 e. The standard InChI is InChI=1S/C12H12ClN3/c13-12-15-6-5-11(16-12)7-9-3-1-2-4-10(9)8-14/h1-6H,7-8,14H2. The molecule has 0 radical (unpaired) electrons. The molecule has 82 valence electrons. The summed E-state index contributed by atoms with van der Waals surface area (Å²) < 4.78 is 0. The molecule has 0 saturated carbocycles. The summed E-state index contributed by atoms with van der Waals surface area (Å²) in [6.07, 6.45) is 2.39. The van der Waals surface area contributed by atoms with E-state index in [1.165, 1.54) is 5.56 Å². The number of benzene rings is 1. The maximum Gasteiger partial charge on any atom is 0.222 e. The van der Waals surface area contributed by atoms with Gasteiger partial charge in [0.15, 0.2) is 0 Å². The zero-order chi connectivity index (χ0) is 11.4. The van der Waals surface area contributed by atoms with Gasteiger partial charge in [0.05, 0.1) is 0 Å². The first-order valence-electron chi connectivity index (χ1n) is 5.04. The van der Waals surface area contributed by atoms with Gasteiger partial charge in [0, 0.05) is 24.9 Å². The number of hydrogen-bond acceptors (Lipinski definition) is 3. The van der Waals surface area contributed by atoms with Crippen molar-refractivity contribution in [2.45, 2.75) is 13.0 Å². The Morgan fingerprint density at radius 3 is 2.56 bits per heavy atom. The van der Waals surface area contributed by atoms with Crippen molar-refractivity contribution >= 4 is 11.6 Å². The highest BCUT2D eigenvalue weighted by molar-refractivity contribution is 6.28. The van der Waals surface area contributed by atoms with Crippen LogP contribution in [0.5, 0.6) is 0 Å². The monoisotopic (exact) mass is 233 g/mol. The van der Waals surface area contributed by atoms with Crippen LogP contribution >= 0.6 is 11.6 Å². The quantitative estimate of drug-likeness (QED) is 0.827. The molecule has 2 N–H and O–H groups in total. The lowest BCUT2D eigenvalue weighted by Crippen LogP contribution is -2.03. The van der Waals surface area contributed by atoms with Gasteiger partial charge in [-0.15, -0.1) is 0 Å². The van der Waals surface area contributed by atoms with Crippen molar-refractivity contribution in [2.24, 2.45) is 5.73 Å². The number of hydrogen-bond donors (Lipinski definition) is 1. The van der Waals surface area contributed by atoms with Gasteiger partial charge in [-0.1, -0.05) is 24.3 Å². The van der Waals surface area contributed by atoms with Crippen LogP contribution in [0.4, 0.5) is 0 Å². The van der Waals surface area contributed by atoms with Crippen LogP contribution in [0.15, 0.2) is 36.5 Å². The predicted molar refractivity (Wildman–Crippen MR) is 64.2 cm³/mol. The van der Waals surface area contributed by atoms with Gasteiger partial charge in [-0.2, -0.15) is 0 Å². The fourth-order valence-electron chi connectivity index (χ4n) is 1.59. The van der Waals surface area contributed by atoms with Gasteiger partial charge in [-0.25, -0.2) is 9.97 Å². The lowest BCUT2D eigenvalue weighted by atomic mass is 10.0. The molecule has 0 amide bonds. The molecule has 3 nitrogen and oxygen atoms in total. The SMILES string of the molecule is NCc1ccccc1Cc1ccnc(Cl)n1. The van der Waals surface area contributed by atoms with Crippen molar-refractivity contribution in [2.75, 3.05) is 0 Å². The second-order valence-corrected chi connectivity index (χ2v) is 3.80. The van der Waals surface area contributed by atoms with Gasteiger partial charge in [-0.05, 0) is 28.8 Å². The van der Waals surface area contributed by atoms with E-state index in [1.807, 2.05) is 24.3 Å². The number of nitrogens with zero attached hydrogens (tertiary/aromatic N) is 2. The largest absolute Gasteiger partial charge is 0.326 e. The highest BCUT2D eigenvalue weighted by atomic mass is 35.5. The van der Waals surface area contributed by atoms with Gasteiger partial charge in [0.25, 0.3) is 0 Å². The third-order valence-corrected chi connectivity index (χ3v) is 2.58. The highest BCUT2D eigenvalue weighted by Gasteiger charge is 2.03. The lowest BCUT2D eigenvalue weighted by Gasteiger charge is -2.06. The zero-order valence-electron chi connectivity index (χ0n) is 8.73. The highest BCUT2D eigenvalue weighted by Crippen LogP contribution is 2.13. The first-order chi connectivity index (χ1) is 7.79. The van der Waals surface area contributed by atoms with Crippen LogP contribution in [0.25, 0.3) is 0 Å². The molecular weight excluding hydrogens is 222 g/mol. The van der Waals surface area contributed by atoms with Crippen LogP contribution in [0, 0.1) is 0 Å². The van der Waals surface area contributed by atoms with E-state index in [2.05, 4.69) is 16.0 Å². The second-order valence-electron chi connectivity index (χ2n) is 3.47. The number of nitrogens with two attached hydrogens (primary N) is 1. The van der Waals surface area contributed by atoms with Crippen molar-refractivity contribution < 1.29 is 0 Å². The molecule has 4 heteroatoms. The minimum absolute atomic E-state index is 0.280. The molecule has 0 spiro atoms. The van der Waals surface area contributed by atoms with Crippen molar-refractivity contribution in [1.29, 1.82) is 0 Å². The van der Waals surface area contributed by atoms with E-state index < -0.39 is 0 Å². The topological polar surface area (TPSA) is 51.8 Å². The minimum atomic E-state index is 0.280. The Morgan fingerprint density at radius 2 is 1.88 bits per heavy atom. The third-order valence-electron chi connectivity index (χ3n) is 2.39. The van der Waals surface area contributed by atoms with Gasteiger partial charge in [0.1, 0.15) is 0 Å². The molecule has 0 aliphatic rings. The molecule has 1 aromatic heterocycles. The fraction of sp³-hybridized carbons (Fsp3) is 0.167. The van der Waals surface area contributed by atoms with Crippen molar-refractivity contribution in [1.82, 2.24) is 9.97 Å². The summed E-state index contributed by atoms with van der Waals surface area (Å²) in [5.41, 5.74) is 8.90. The van der Waals surface area contributed by atoms with E-state index in [4.69, 9.17) is 17.3 Å². The van der Waals surface area contributed by atoms with Crippen LogP contribution in [0.1, 0.15) is 16.8 Å². The third kappa shape index (κ3) is 2.56. The Hall–Kier alpha value is -1.45. The van der Waals surface area contributed by atoms with Gasteiger partial charge < -0.3 is 5.73 Å². The summed E-state index contributed by atoms with van der Waals surface area (Å²) >= 11 is 5.74. The lowest BCUT2D eigenvalue weighted by molar-refractivity contribution is 0.979. The molecular formula is C12H12ClN3. The van der Waals surface area contributed by atoms with E-state index in [0.717, 1.165) is 17.7 Å². The van der Waals surface area contributed by atoms with E-state index in [1.54, 1.807) is 6.20 Å². The summed E-state index contributed by atoms with van der Waals surface area (Å²) in [6.45, 7) is 0.537. The van der Waals surface area contributed by atoms with Crippen LogP contribution in [0.3, 0.4) is 0 Å². The molecule has 0 saturated heterocycles. The Labute approximate surface area is 99.3 Å². The van der Waals surface area contributed by atoms with Crippen LogP contribution in [-0.2, 0) is 13.0 Å². The van der Waals surface area contributed by atoms with E-state index >= 15 is 0 Å². The molecule has 0 bridgehead atoms. The fourth-order valence-corrected chi connectivity index (χ4v) is 1.76. The minimum Gasteiger partial charge on any atom is -0.326 e. The van der Waals surface area contributed by atoms with E-state index in [0.29, 0.717) is 6.54 Å². The van der Waals surface area contributed by atoms with Gasteiger partial charge >= 0.3 is 0 Å². The zero-order valence-corrected chi connectivity index (χ0v) is 9.48. The molecule has 0 fully saturated rings. The predicted octanol–water partition coefficient (Wildman–Crippen LogP) is 2.18. The van der Waals surface area contributed by atoms with E-state index in [9.17, 15) is 0 Å². The molecule has 2 rings (SSSR count). The molecule has 0 aliphatic carbocycles. The average molecular weight is 234 g/mol. The van der Waals surface area contributed by atoms with Crippen molar-refractivity contribution in [3.05, 3.63) is 58.6 Å². The normalized spacial score (nSPS) is 10.4.